The molecule has 0 fully saturated rings. The van der Waals surface area contributed by atoms with Crippen molar-refractivity contribution in [2.45, 2.75) is 45.8 Å². The molecule has 2 aromatic carbocycles. The van der Waals surface area contributed by atoms with Crippen LogP contribution in [0.5, 0.6) is 5.75 Å². The lowest BCUT2D eigenvalue weighted by molar-refractivity contribution is -0.128. The number of carbonyl (C=O) groups excluding carboxylic acids is 2. The van der Waals surface area contributed by atoms with Gasteiger partial charge in [0.25, 0.3) is 5.91 Å². The number of para-hydroxylation sites is 2. The van der Waals surface area contributed by atoms with Crippen molar-refractivity contribution in [3.05, 3.63) is 59.7 Å². The molecule has 1 heterocycles. The summed E-state index contributed by atoms with van der Waals surface area (Å²) in [6.45, 7) is 9.02. The van der Waals surface area contributed by atoms with E-state index in [1.807, 2.05) is 29.2 Å². The molecule has 0 unspecified atom stereocenters. The highest BCUT2D eigenvalue weighted by Gasteiger charge is 2.31. The minimum atomic E-state index is -0.655. The minimum Gasteiger partial charge on any atom is -0.477 e. The third-order valence-corrected chi connectivity index (χ3v) is 5.68. The Morgan fingerprint density at radius 1 is 1.03 bits per heavy atom. The van der Waals surface area contributed by atoms with Crippen molar-refractivity contribution in [1.82, 2.24) is 10.6 Å². The number of anilines is 1. The second-order valence-corrected chi connectivity index (χ2v) is 8.68. The van der Waals surface area contributed by atoms with Crippen LogP contribution < -0.4 is 20.3 Å². The molecule has 6 heteroatoms. The van der Waals surface area contributed by atoms with E-state index in [1.54, 1.807) is 7.05 Å². The van der Waals surface area contributed by atoms with Crippen LogP contribution in [0, 0.1) is 5.92 Å². The second-order valence-electron chi connectivity index (χ2n) is 8.68. The first-order valence-electron chi connectivity index (χ1n) is 10.9. The van der Waals surface area contributed by atoms with E-state index in [1.165, 1.54) is 5.56 Å². The summed E-state index contributed by atoms with van der Waals surface area (Å²) >= 11 is 0. The Bertz CT molecular complexity index is 908. The molecule has 1 aliphatic heterocycles. The van der Waals surface area contributed by atoms with Gasteiger partial charge in [-0.1, -0.05) is 64.1 Å². The molecule has 0 saturated carbocycles. The molecule has 0 radical (unpaired) electrons. The number of ether oxygens (including phenoxy) is 1. The summed E-state index contributed by atoms with van der Waals surface area (Å²) in [6, 6.07) is 15.9. The van der Waals surface area contributed by atoms with Crippen molar-refractivity contribution in [2.75, 3.05) is 25.0 Å². The van der Waals surface area contributed by atoms with Gasteiger partial charge in [0, 0.05) is 7.05 Å². The maximum Gasteiger partial charge on any atom is 0.262 e. The van der Waals surface area contributed by atoms with E-state index >= 15 is 0 Å². The zero-order chi connectivity index (χ0) is 22.5. The van der Waals surface area contributed by atoms with Crippen LogP contribution in [0.15, 0.2) is 48.5 Å². The van der Waals surface area contributed by atoms with E-state index in [9.17, 15) is 9.59 Å². The van der Waals surface area contributed by atoms with Gasteiger partial charge >= 0.3 is 0 Å². The van der Waals surface area contributed by atoms with E-state index in [0.717, 1.165) is 11.3 Å². The molecule has 0 saturated heterocycles. The van der Waals surface area contributed by atoms with Crippen molar-refractivity contribution in [3.8, 4) is 5.75 Å². The lowest BCUT2D eigenvalue weighted by Gasteiger charge is -2.35. The minimum absolute atomic E-state index is 0.0836. The smallest absolute Gasteiger partial charge is 0.262 e. The van der Waals surface area contributed by atoms with Gasteiger partial charge in [0.15, 0.2) is 6.10 Å². The summed E-state index contributed by atoms with van der Waals surface area (Å²) in [5, 5.41) is 5.82. The molecule has 2 aromatic rings. The Balaban J connectivity index is 1.75. The molecular formula is C25H33N3O3. The number of likely N-dealkylation sites (N-methyl/N-ethyl adjacent to an activating group) is 1. The molecule has 2 amide bonds. The molecule has 3 rings (SSSR count). The highest BCUT2D eigenvalue weighted by atomic mass is 16.5. The number of amides is 2. The third-order valence-electron chi connectivity index (χ3n) is 5.68. The summed E-state index contributed by atoms with van der Waals surface area (Å²) in [5.41, 5.74) is 3.20. The Hall–Kier alpha value is -3.02. The van der Waals surface area contributed by atoms with Gasteiger partial charge in [0.2, 0.25) is 5.91 Å². The van der Waals surface area contributed by atoms with E-state index in [-0.39, 0.29) is 30.3 Å². The molecule has 2 atom stereocenters. The summed E-state index contributed by atoms with van der Waals surface area (Å²) in [4.78, 5) is 27.1. The van der Waals surface area contributed by atoms with Crippen LogP contribution in [-0.4, -0.2) is 38.1 Å². The molecule has 0 aromatic heterocycles. The zero-order valence-corrected chi connectivity index (χ0v) is 19.0. The van der Waals surface area contributed by atoms with E-state index in [2.05, 4.69) is 62.6 Å². The van der Waals surface area contributed by atoms with Crippen molar-refractivity contribution in [2.24, 2.45) is 5.92 Å². The van der Waals surface area contributed by atoms with Crippen molar-refractivity contribution in [1.29, 1.82) is 0 Å². The average Bonchev–Trinajstić information content (AvgIpc) is 2.76. The molecule has 0 bridgehead atoms. The van der Waals surface area contributed by atoms with Gasteiger partial charge in [-0.25, -0.2) is 0 Å². The van der Waals surface area contributed by atoms with Gasteiger partial charge in [-0.05, 0) is 35.1 Å². The standard InChI is InChI=1S/C25H33N3O3/c1-16(2)18-10-12-19(13-11-18)24(17(3)4)27-23(29)15-28-14-22(25(30)26-5)31-21-9-7-6-8-20(21)28/h6-13,16-17,22,24H,14-15H2,1-5H3,(H,26,30)(H,27,29)/t22-,24+/m1/s1. The fourth-order valence-corrected chi connectivity index (χ4v) is 3.87. The SMILES string of the molecule is CNC(=O)[C@H]1CN(CC(=O)N[C@H](c2ccc(C(C)C)cc2)C(C)C)c2ccccc2O1. The molecular weight excluding hydrogens is 390 g/mol. The zero-order valence-electron chi connectivity index (χ0n) is 19.0. The van der Waals surface area contributed by atoms with Crippen molar-refractivity contribution in [3.63, 3.8) is 0 Å². The van der Waals surface area contributed by atoms with Crippen molar-refractivity contribution >= 4 is 17.5 Å². The van der Waals surface area contributed by atoms with Gasteiger partial charge < -0.3 is 20.3 Å². The van der Waals surface area contributed by atoms with Gasteiger partial charge in [0.05, 0.1) is 24.8 Å². The van der Waals surface area contributed by atoms with Crippen LogP contribution in [0.4, 0.5) is 5.69 Å². The van der Waals surface area contributed by atoms with E-state index in [0.29, 0.717) is 18.2 Å². The van der Waals surface area contributed by atoms with Crippen LogP contribution >= 0.6 is 0 Å². The van der Waals surface area contributed by atoms with E-state index in [4.69, 9.17) is 4.74 Å². The Labute approximate surface area is 185 Å². The number of hydrogen-bond acceptors (Lipinski definition) is 4. The lowest BCUT2D eigenvalue weighted by Crippen LogP contribution is -2.51. The monoisotopic (exact) mass is 423 g/mol. The number of nitrogens with zero attached hydrogens (tertiary/aromatic N) is 1. The highest BCUT2D eigenvalue weighted by Crippen LogP contribution is 2.33. The second kappa shape index (κ2) is 9.86. The first-order valence-corrected chi connectivity index (χ1v) is 10.9. The predicted octanol–water partition coefficient (Wildman–Crippen LogP) is 3.64. The maximum absolute atomic E-state index is 13.0. The van der Waals surface area contributed by atoms with Gasteiger partial charge in [-0.2, -0.15) is 0 Å². The maximum atomic E-state index is 13.0. The van der Waals surface area contributed by atoms with Crippen LogP contribution in [0.25, 0.3) is 0 Å². The molecule has 31 heavy (non-hydrogen) atoms. The fourth-order valence-electron chi connectivity index (χ4n) is 3.87. The first kappa shape index (κ1) is 22.7. The van der Waals surface area contributed by atoms with E-state index < -0.39 is 6.10 Å². The fraction of sp³-hybridized carbons (Fsp3) is 0.440. The number of carbonyl (C=O) groups is 2. The first-order chi connectivity index (χ1) is 14.8. The molecule has 0 spiro atoms. The normalized spacial score (nSPS) is 16.5. The van der Waals surface area contributed by atoms with Crippen LogP contribution in [0.2, 0.25) is 0 Å². The molecule has 0 aliphatic carbocycles. The Morgan fingerprint density at radius 3 is 2.29 bits per heavy atom. The highest BCUT2D eigenvalue weighted by molar-refractivity contribution is 5.86. The van der Waals surface area contributed by atoms with Crippen LogP contribution in [-0.2, 0) is 9.59 Å². The van der Waals surface area contributed by atoms with Gasteiger partial charge in [-0.15, -0.1) is 0 Å². The lowest BCUT2D eigenvalue weighted by atomic mass is 9.93. The number of hydrogen-bond donors (Lipinski definition) is 2. The number of benzene rings is 2. The average molecular weight is 424 g/mol. The quantitative estimate of drug-likeness (QED) is 0.713. The molecule has 1 aliphatic rings. The van der Waals surface area contributed by atoms with Gasteiger partial charge in [0.1, 0.15) is 5.75 Å². The van der Waals surface area contributed by atoms with Crippen LogP contribution in [0.1, 0.15) is 50.8 Å². The predicted molar refractivity (Wildman–Crippen MR) is 123 cm³/mol. The van der Waals surface area contributed by atoms with Crippen molar-refractivity contribution < 1.29 is 14.3 Å². The third kappa shape index (κ3) is 5.37. The van der Waals surface area contributed by atoms with Gasteiger partial charge in [-0.3, -0.25) is 9.59 Å². The topological polar surface area (TPSA) is 70.7 Å². The summed E-state index contributed by atoms with van der Waals surface area (Å²) in [7, 11) is 1.58. The summed E-state index contributed by atoms with van der Waals surface area (Å²) in [6.07, 6.45) is -0.655. The number of rotatable bonds is 7. The Morgan fingerprint density at radius 2 is 1.68 bits per heavy atom. The molecule has 2 N–H and O–H groups in total. The summed E-state index contributed by atoms with van der Waals surface area (Å²) in [5.74, 6) is 1.03. The van der Waals surface area contributed by atoms with Crippen LogP contribution in [0.3, 0.4) is 0 Å². The number of nitrogens with one attached hydrogen (secondary N) is 2. The Kier molecular flexibility index (Phi) is 7.21. The largest absolute Gasteiger partial charge is 0.477 e. The molecule has 6 nitrogen and oxygen atoms in total. The summed E-state index contributed by atoms with van der Waals surface area (Å²) < 4.78 is 5.83. The molecule has 166 valence electrons. The number of fused-ring (bicyclic) bond motifs is 1.